The maximum absolute atomic E-state index is 13.4. The minimum atomic E-state index is -0.106. The molecule has 1 amide bonds. The third-order valence-corrected chi connectivity index (χ3v) is 8.94. The molecule has 3 aromatic heterocycles. The molecule has 0 bridgehead atoms. The van der Waals surface area contributed by atoms with Gasteiger partial charge in [0, 0.05) is 9.77 Å². The van der Waals surface area contributed by atoms with Gasteiger partial charge in [0.2, 0.25) is 0 Å². The van der Waals surface area contributed by atoms with Gasteiger partial charge in [0.1, 0.15) is 16.5 Å². The van der Waals surface area contributed by atoms with E-state index in [-0.39, 0.29) is 11.3 Å². The maximum atomic E-state index is 13.4. The third kappa shape index (κ3) is 6.11. The Bertz CT molecular complexity index is 1390. The Kier molecular flexibility index (Phi) is 7.45. The summed E-state index contributed by atoms with van der Waals surface area (Å²) in [6.07, 6.45) is 6.29. The van der Waals surface area contributed by atoms with Gasteiger partial charge in [-0.25, -0.2) is 4.99 Å². The fraction of sp³-hybridized carbons (Fsp3) is 0.333. The fourth-order valence-electron chi connectivity index (χ4n) is 4.61. The van der Waals surface area contributed by atoms with Gasteiger partial charge in [-0.1, -0.05) is 50.2 Å². The number of aliphatic imine (C=N–C) groups is 1. The summed E-state index contributed by atoms with van der Waals surface area (Å²) in [5.74, 6) is 1.87. The van der Waals surface area contributed by atoms with Crippen LogP contribution in [0, 0.1) is 18.3 Å². The predicted octanol–water partition coefficient (Wildman–Crippen LogP) is 8.23. The molecule has 1 atom stereocenters. The number of hydrogen-bond donors (Lipinski definition) is 1. The lowest BCUT2D eigenvalue weighted by molar-refractivity contribution is 0.0947. The van der Waals surface area contributed by atoms with E-state index in [0.29, 0.717) is 23.8 Å². The Balaban J connectivity index is 1.38. The molecule has 1 aliphatic carbocycles. The third-order valence-electron chi connectivity index (χ3n) is 6.85. The first-order valence-corrected chi connectivity index (χ1v) is 14.2. The molecule has 0 aliphatic heterocycles. The van der Waals surface area contributed by atoms with Gasteiger partial charge in [-0.3, -0.25) is 4.79 Å². The number of carbonyl (C=O) groups is 1. The monoisotopic (exact) mass is 532 g/mol. The highest BCUT2D eigenvalue weighted by atomic mass is 32.2. The number of benzene rings is 1. The number of rotatable bonds is 7. The number of nitrogens with one attached hydrogen (secondary N) is 1. The van der Waals surface area contributed by atoms with E-state index in [0.717, 1.165) is 45.6 Å². The van der Waals surface area contributed by atoms with Crippen LogP contribution in [0.1, 0.15) is 65.1 Å². The second kappa shape index (κ2) is 10.8. The van der Waals surface area contributed by atoms with Crippen LogP contribution in [0.25, 0.3) is 0 Å². The lowest BCUT2D eigenvalue weighted by atomic mass is 9.72. The molecule has 0 saturated carbocycles. The first-order chi connectivity index (χ1) is 17.8. The molecule has 4 aromatic rings. The summed E-state index contributed by atoms with van der Waals surface area (Å²) in [7, 11) is 0. The number of nitrogens with zero attached hydrogens (tertiary/aromatic N) is 1. The zero-order valence-corrected chi connectivity index (χ0v) is 23.3. The standard InChI is InChI=1S/C30H32N2O3S2/c1-19-7-11-23(12-8-19)36-26-14-10-22(35-26)18-32-29-27(28(33)31-17-21-6-5-15-34-21)24-13-9-20(30(2,3)4)16-25(24)37-29/h5-8,10-12,14-15,18,20H,9,13,16-17H2,1-4H3,(H,31,33)/t20-/m1/s1. The molecule has 5 nitrogen and oxygen atoms in total. The molecule has 0 unspecified atom stereocenters. The molecule has 1 aliphatic rings. The first kappa shape index (κ1) is 25.6. The summed E-state index contributed by atoms with van der Waals surface area (Å²) in [5.41, 5.74) is 3.29. The quantitative estimate of drug-likeness (QED) is 0.243. The Labute approximate surface area is 226 Å². The second-order valence-electron chi connectivity index (χ2n) is 10.6. The van der Waals surface area contributed by atoms with Gasteiger partial charge in [-0.15, -0.1) is 11.3 Å². The lowest BCUT2D eigenvalue weighted by Crippen LogP contribution is -2.28. The van der Waals surface area contributed by atoms with Gasteiger partial charge < -0.3 is 14.2 Å². The minimum absolute atomic E-state index is 0.106. The largest absolute Gasteiger partial charge is 0.467 e. The Morgan fingerprint density at radius 1 is 1.19 bits per heavy atom. The van der Waals surface area contributed by atoms with E-state index in [1.807, 2.05) is 24.3 Å². The van der Waals surface area contributed by atoms with Crippen molar-refractivity contribution in [1.29, 1.82) is 0 Å². The highest BCUT2D eigenvalue weighted by Gasteiger charge is 2.33. The van der Waals surface area contributed by atoms with Crippen molar-refractivity contribution >= 4 is 40.2 Å². The van der Waals surface area contributed by atoms with Crippen LogP contribution in [0.4, 0.5) is 5.00 Å². The van der Waals surface area contributed by atoms with Crippen molar-refractivity contribution in [2.75, 3.05) is 0 Å². The lowest BCUT2D eigenvalue weighted by Gasteiger charge is -2.33. The van der Waals surface area contributed by atoms with E-state index in [9.17, 15) is 4.79 Å². The fourth-order valence-corrected chi connectivity index (χ4v) is 6.66. The van der Waals surface area contributed by atoms with Gasteiger partial charge in [0.05, 0.1) is 24.6 Å². The van der Waals surface area contributed by atoms with E-state index in [1.54, 1.807) is 35.6 Å². The van der Waals surface area contributed by atoms with Crippen LogP contribution in [-0.2, 0) is 19.4 Å². The van der Waals surface area contributed by atoms with Crippen LogP contribution < -0.4 is 5.32 Å². The van der Waals surface area contributed by atoms with Gasteiger partial charge in [0.25, 0.3) is 5.91 Å². The normalized spacial score (nSPS) is 15.7. The summed E-state index contributed by atoms with van der Waals surface area (Å²) >= 11 is 3.21. The molecule has 0 spiro atoms. The van der Waals surface area contributed by atoms with Crippen molar-refractivity contribution in [3.8, 4) is 0 Å². The van der Waals surface area contributed by atoms with Crippen LogP contribution in [0.2, 0.25) is 0 Å². The van der Waals surface area contributed by atoms with E-state index < -0.39 is 0 Å². The van der Waals surface area contributed by atoms with Crippen molar-refractivity contribution in [3.63, 3.8) is 0 Å². The van der Waals surface area contributed by atoms with Crippen LogP contribution >= 0.6 is 23.1 Å². The molecule has 3 heterocycles. The summed E-state index contributed by atoms with van der Waals surface area (Å²) < 4.78 is 11.4. The van der Waals surface area contributed by atoms with Gasteiger partial charge >= 0.3 is 0 Å². The van der Waals surface area contributed by atoms with Gasteiger partial charge in [-0.2, -0.15) is 0 Å². The summed E-state index contributed by atoms with van der Waals surface area (Å²) in [4.78, 5) is 20.5. The summed E-state index contributed by atoms with van der Waals surface area (Å²) in [6, 6.07) is 15.9. The van der Waals surface area contributed by atoms with E-state index in [4.69, 9.17) is 13.8 Å². The first-order valence-electron chi connectivity index (χ1n) is 12.6. The zero-order valence-electron chi connectivity index (χ0n) is 21.7. The average molecular weight is 533 g/mol. The van der Waals surface area contributed by atoms with Crippen molar-refractivity contribution in [1.82, 2.24) is 5.32 Å². The number of hydrogen-bond acceptors (Lipinski definition) is 6. The maximum Gasteiger partial charge on any atom is 0.255 e. The number of aryl methyl sites for hydroxylation is 1. The second-order valence-corrected chi connectivity index (χ2v) is 12.7. The van der Waals surface area contributed by atoms with E-state index >= 15 is 0 Å². The summed E-state index contributed by atoms with van der Waals surface area (Å²) in [6.45, 7) is 9.33. The highest BCUT2D eigenvalue weighted by molar-refractivity contribution is 7.99. The highest BCUT2D eigenvalue weighted by Crippen LogP contribution is 2.45. The SMILES string of the molecule is Cc1ccc(Sc2ccc(C=Nc3sc4c(c3C(=O)NCc3ccco3)CC[C@@H](C(C)(C)C)C4)o2)cc1. The molecule has 192 valence electrons. The van der Waals surface area contributed by atoms with Crippen molar-refractivity contribution in [2.45, 2.75) is 63.5 Å². The van der Waals surface area contributed by atoms with Gasteiger partial charge in [-0.05, 0) is 79.5 Å². The molecule has 7 heteroatoms. The Morgan fingerprint density at radius 2 is 2.00 bits per heavy atom. The Morgan fingerprint density at radius 3 is 2.73 bits per heavy atom. The van der Waals surface area contributed by atoms with Crippen molar-refractivity contribution < 1.29 is 13.6 Å². The van der Waals surface area contributed by atoms with Crippen LogP contribution in [0.5, 0.6) is 0 Å². The molecule has 5 rings (SSSR count). The number of furan rings is 2. The van der Waals surface area contributed by atoms with Crippen LogP contribution in [0.15, 0.2) is 78.6 Å². The molecule has 1 aromatic carbocycles. The predicted molar refractivity (Wildman–Crippen MR) is 150 cm³/mol. The van der Waals surface area contributed by atoms with Gasteiger partial charge in [0.15, 0.2) is 5.09 Å². The van der Waals surface area contributed by atoms with Crippen LogP contribution in [-0.4, -0.2) is 12.1 Å². The number of amides is 1. The van der Waals surface area contributed by atoms with E-state index in [2.05, 4.69) is 57.3 Å². The average Bonchev–Trinajstić information content (AvgIpc) is 3.61. The number of thiophene rings is 1. The zero-order chi connectivity index (χ0) is 26.0. The summed E-state index contributed by atoms with van der Waals surface area (Å²) in [5, 5.41) is 4.57. The molecule has 1 N–H and O–H groups in total. The van der Waals surface area contributed by atoms with Crippen LogP contribution in [0.3, 0.4) is 0 Å². The number of fused-ring (bicyclic) bond motifs is 1. The molecular weight excluding hydrogens is 500 g/mol. The topological polar surface area (TPSA) is 67.7 Å². The smallest absolute Gasteiger partial charge is 0.255 e. The molecule has 37 heavy (non-hydrogen) atoms. The number of carbonyl (C=O) groups excluding carboxylic acids is 1. The van der Waals surface area contributed by atoms with Crippen molar-refractivity contribution in [3.05, 3.63) is 87.9 Å². The van der Waals surface area contributed by atoms with Crippen molar-refractivity contribution in [2.24, 2.45) is 16.3 Å². The molecule has 0 fully saturated rings. The molecule has 0 saturated heterocycles. The Hall–Kier alpha value is -3.03. The molecule has 0 radical (unpaired) electrons. The minimum Gasteiger partial charge on any atom is -0.467 e. The molecular formula is C30H32N2O3S2. The van der Waals surface area contributed by atoms with E-state index in [1.165, 1.54) is 10.4 Å².